The topological polar surface area (TPSA) is 47.9 Å². The second-order valence-corrected chi connectivity index (χ2v) is 5.86. The standard InChI is InChI=1S/C18H17N3OS/c1-12-4-6-14(7-5-12)17-16(19-18(23-3)21-20-17)13-8-10-15(22-2)11-9-13/h4-11H,1-3H3. The fourth-order valence-corrected chi connectivity index (χ4v) is 2.56. The molecule has 4 nitrogen and oxygen atoms in total. The van der Waals surface area contributed by atoms with E-state index in [0.29, 0.717) is 5.16 Å². The van der Waals surface area contributed by atoms with Gasteiger partial charge in [0.2, 0.25) is 5.16 Å². The number of methoxy groups -OCH3 is 1. The van der Waals surface area contributed by atoms with Gasteiger partial charge in [0.15, 0.2) is 0 Å². The minimum absolute atomic E-state index is 0.659. The van der Waals surface area contributed by atoms with Gasteiger partial charge in [-0.05, 0) is 37.4 Å². The fourth-order valence-electron chi connectivity index (χ4n) is 2.25. The van der Waals surface area contributed by atoms with Gasteiger partial charge in [-0.2, -0.15) is 0 Å². The molecule has 0 fully saturated rings. The fraction of sp³-hybridized carbons (Fsp3) is 0.167. The number of ether oxygens (including phenoxy) is 1. The molecule has 3 aromatic rings. The van der Waals surface area contributed by atoms with Gasteiger partial charge in [-0.1, -0.05) is 41.6 Å². The Hall–Kier alpha value is -2.40. The predicted octanol–water partition coefficient (Wildman–Crippen LogP) is 4.24. The molecule has 3 rings (SSSR count). The van der Waals surface area contributed by atoms with Crippen molar-refractivity contribution in [1.29, 1.82) is 0 Å². The molecule has 0 bridgehead atoms. The van der Waals surface area contributed by atoms with Gasteiger partial charge in [-0.3, -0.25) is 0 Å². The van der Waals surface area contributed by atoms with Crippen LogP contribution in [0.2, 0.25) is 0 Å². The van der Waals surface area contributed by atoms with Crippen molar-refractivity contribution in [2.24, 2.45) is 0 Å². The van der Waals surface area contributed by atoms with Gasteiger partial charge in [-0.15, -0.1) is 10.2 Å². The van der Waals surface area contributed by atoms with Crippen LogP contribution in [0.1, 0.15) is 5.56 Å². The van der Waals surface area contributed by atoms with E-state index in [-0.39, 0.29) is 0 Å². The third-order valence-electron chi connectivity index (χ3n) is 3.54. The number of aromatic nitrogens is 3. The van der Waals surface area contributed by atoms with Crippen LogP contribution in [0.25, 0.3) is 22.5 Å². The first-order valence-corrected chi connectivity index (χ1v) is 8.44. The van der Waals surface area contributed by atoms with Crippen molar-refractivity contribution in [3.05, 3.63) is 54.1 Å². The number of thioether (sulfide) groups is 1. The molecule has 5 heteroatoms. The first-order chi connectivity index (χ1) is 11.2. The quantitative estimate of drug-likeness (QED) is 0.672. The molecule has 0 unspecified atom stereocenters. The number of aryl methyl sites for hydroxylation is 1. The van der Waals surface area contributed by atoms with E-state index < -0.39 is 0 Å². The van der Waals surface area contributed by atoms with Crippen LogP contribution in [0.3, 0.4) is 0 Å². The summed E-state index contributed by atoms with van der Waals surface area (Å²) in [6.07, 6.45) is 1.94. The summed E-state index contributed by atoms with van der Waals surface area (Å²) in [5.41, 5.74) is 4.82. The lowest BCUT2D eigenvalue weighted by atomic mass is 10.0. The first-order valence-electron chi connectivity index (χ1n) is 7.21. The van der Waals surface area contributed by atoms with E-state index >= 15 is 0 Å². The van der Waals surface area contributed by atoms with Crippen LogP contribution in [0, 0.1) is 6.92 Å². The molecule has 2 aromatic carbocycles. The first kappa shape index (κ1) is 15.5. The maximum absolute atomic E-state index is 5.23. The van der Waals surface area contributed by atoms with Gasteiger partial charge in [-0.25, -0.2) is 4.98 Å². The van der Waals surface area contributed by atoms with Crippen LogP contribution >= 0.6 is 11.8 Å². The summed E-state index contributed by atoms with van der Waals surface area (Å²) in [5, 5.41) is 9.26. The highest BCUT2D eigenvalue weighted by Gasteiger charge is 2.13. The molecule has 0 radical (unpaired) electrons. The molecule has 0 amide bonds. The monoisotopic (exact) mass is 323 g/mol. The van der Waals surface area contributed by atoms with E-state index in [1.807, 2.05) is 42.7 Å². The molecule has 0 atom stereocenters. The number of hydrogen-bond donors (Lipinski definition) is 0. The lowest BCUT2D eigenvalue weighted by Crippen LogP contribution is -1.99. The van der Waals surface area contributed by atoms with Gasteiger partial charge >= 0.3 is 0 Å². The van der Waals surface area contributed by atoms with Crippen molar-refractivity contribution in [1.82, 2.24) is 15.2 Å². The van der Waals surface area contributed by atoms with Crippen molar-refractivity contribution < 1.29 is 4.74 Å². The Morgan fingerprint density at radius 1 is 0.826 bits per heavy atom. The second kappa shape index (κ2) is 6.79. The molecule has 23 heavy (non-hydrogen) atoms. The molecule has 0 aliphatic carbocycles. The Morgan fingerprint density at radius 3 is 2.04 bits per heavy atom. The molecule has 1 heterocycles. The molecule has 116 valence electrons. The molecule has 0 N–H and O–H groups in total. The van der Waals surface area contributed by atoms with Crippen LogP contribution in [0.4, 0.5) is 0 Å². The van der Waals surface area contributed by atoms with Gasteiger partial charge in [0.05, 0.1) is 7.11 Å². The average Bonchev–Trinajstić information content (AvgIpc) is 2.62. The smallest absolute Gasteiger partial charge is 0.209 e. The average molecular weight is 323 g/mol. The van der Waals surface area contributed by atoms with Crippen LogP contribution in [-0.2, 0) is 0 Å². The summed E-state index contributed by atoms with van der Waals surface area (Å²) < 4.78 is 5.23. The summed E-state index contributed by atoms with van der Waals surface area (Å²) in [7, 11) is 1.66. The SMILES string of the molecule is COc1ccc(-c2nc(SC)nnc2-c2ccc(C)cc2)cc1. The Labute approximate surface area is 140 Å². The van der Waals surface area contributed by atoms with E-state index in [0.717, 1.165) is 28.3 Å². The zero-order chi connectivity index (χ0) is 16.2. The predicted molar refractivity (Wildman–Crippen MR) is 93.8 cm³/mol. The molecule has 0 aliphatic heterocycles. The zero-order valence-corrected chi connectivity index (χ0v) is 14.1. The Morgan fingerprint density at radius 2 is 1.43 bits per heavy atom. The summed E-state index contributed by atoms with van der Waals surface area (Å²) in [6.45, 7) is 2.06. The third kappa shape index (κ3) is 3.35. The third-order valence-corrected chi connectivity index (χ3v) is 4.08. The minimum Gasteiger partial charge on any atom is -0.497 e. The number of hydrogen-bond acceptors (Lipinski definition) is 5. The maximum atomic E-state index is 5.23. The lowest BCUT2D eigenvalue weighted by Gasteiger charge is -2.09. The van der Waals surface area contributed by atoms with Gasteiger partial charge in [0, 0.05) is 11.1 Å². The molecule has 0 aliphatic rings. The van der Waals surface area contributed by atoms with Gasteiger partial charge in [0.1, 0.15) is 17.1 Å². The largest absolute Gasteiger partial charge is 0.497 e. The zero-order valence-electron chi connectivity index (χ0n) is 13.3. The Balaban J connectivity index is 2.13. The highest BCUT2D eigenvalue weighted by molar-refractivity contribution is 7.98. The van der Waals surface area contributed by atoms with E-state index in [1.54, 1.807) is 7.11 Å². The normalized spacial score (nSPS) is 10.6. The molecule has 0 spiro atoms. The second-order valence-electron chi connectivity index (χ2n) is 5.09. The van der Waals surface area contributed by atoms with Crippen LogP contribution in [-0.4, -0.2) is 28.5 Å². The van der Waals surface area contributed by atoms with Gasteiger partial charge < -0.3 is 4.74 Å². The van der Waals surface area contributed by atoms with Crippen LogP contribution in [0.5, 0.6) is 5.75 Å². The molecular weight excluding hydrogens is 306 g/mol. The molecular formula is C18H17N3OS. The summed E-state index contributed by atoms with van der Waals surface area (Å²) in [5.74, 6) is 0.817. The highest BCUT2D eigenvalue weighted by atomic mass is 32.2. The Kier molecular flexibility index (Phi) is 4.57. The van der Waals surface area contributed by atoms with Crippen molar-refractivity contribution in [3.63, 3.8) is 0 Å². The van der Waals surface area contributed by atoms with Crippen molar-refractivity contribution in [2.75, 3.05) is 13.4 Å². The molecule has 1 aromatic heterocycles. The summed E-state index contributed by atoms with van der Waals surface area (Å²) in [4.78, 5) is 4.66. The number of nitrogens with zero attached hydrogens (tertiary/aromatic N) is 3. The minimum atomic E-state index is 0.659. The van der Waals surface area contributed by atoms with Gasteiger partial charge in [0.25, 0.3) is 0 Å². The van der Waals surface area contributed by atoms with E-state index in [2.05, 4.69) is 34.2 Å². The molecule has 0 saturated heterocycles. The van der Waals surface area contributed by atoms with Crippen molar-refractivity contribution in [2.45, 2.75) is 12.1 Å². The van der Waals surface area contributed by atoms with E-state index in [4.69, 9.17) is 4.74 Å². The van der Waals surface area contributed by atoms with E-state index in [9.17, 15) is 0 Å². The highest BCUT2D eigenvalue weighted by Crippen LogP contribution is 2.30. The van der Waals surface area contributed by atoms with Crippen molar-refractivity contribution in [3.8, 4) is 28.3 Å². The van der Waals surface area contributed by atoms with Crippen molar-refractivity contribution >= 4 is 11.8 Å². The lowest BCUT2D eigenvalue weighted by molar-refractivity contribution is 0.415. The van der Waals surface area contributed by atoms with Crippen LogP contribution < -0.4 is 4.74 Å². The maximum Gasteiger partial charge on any atom is 0.209 e. The van der Waals surface area contributed by atoms with Crippen LogP contribution in [0.15, 0.2) is 53.7 Å². The number of benzene rings is 2. The number of rotatable bonds is 4. The summed E-state index contributed by atoms with van der Waals surface area (Å²) in [6, 6.07) is 16.1. The Bertz CT molecular complexity index is 802. The van der Waals surface area contributed by atoms with E-state index in [1.165, 1.54) is 17.3 Å². The molecule has 0 saturated carbocycles. The summed E-state index contributed by atoms with van der Waals surface area (Å²) >= 11 is 1.48.